The molecule has 0 spiro atoms. The summed E-state index contributed by atoms with van der Waals surface area (Å²) in [6.07, 6.45) is 2.77. The van der Waals surface area contributed by atoms with Crippen molar-refractivity contribution in [2.75, 3.05) is 5.32 Å². The van der Waals surface area contributed by atoms with Gasteiger partial charge in [0.05, 0.1) is 5.56 Å². The Kier molecular flexibility index (Phi) is 4.17. The molecule has 0 saturated heterocycles. The van der Waals surface area contributed by atoms with Crippen LogP contribution in [0.4, 0.5) is 9.39 Å². The fourth-order valence-electron chi connectivity index (χ4n) is 2.88. The third kappa shape index (κ3) is 3.12. The fraction of sp³-hybridized carbons (Fsp3) is 0.294. The molecule has 1 aromatic heterocycles. The van der Waals surface area contributed by atoms with Crippen molar-refractivity contribution in [2.24, 2.45) is 11.7 Å². The number of nitrogens with one attached hydrogen (secondary N) is 1. The maximum atomic E-state index is 12.9. The van der Waals surface area contributed by atoms with Gasteiger partial charge in [0.15, 0.2) is 0 Å². The number of hydrogen-bond donors (Lipinski definition) is 2. The highest BCUT2D eigenvalue weighted by atomic mass is 32.1. The number of aryl methyl sites for hydroxylation is 1. The van der Waals surface area contributed by atoms with Gasteiger partial charge in [0.1, 0.15) is 10.8 Å². The molecule has 1 aromatic carbocycles. The molecule has 0 fully saturated rings. The molecule has 2 aromatic rings. The molecule has 1 atom stereocenters. The molecule has 120 valence electrons. The lowest BCUT2D eigenvalue weighted by atomic mass is 9.87. The number of fused-ring (bicyclic) bond motifs is 1. The van der Waals surface area contributed by atoms with E-state index in [1.54, 1.807) is 0 Å². The Morgan fingerprint density at radius 1 is 1.30 bits per heavy atom. The van der Waals surface area contributed by atoms with E-state index in [2.05, 4.69) is 12.2 Å². The summed E-state index contributed by atoms with van der Waals surface area (Å²) >= 11 is 1.41. The summed E-state index contributed by atoms with van der Waals surface area (Å²) < 4.78 is 12.9. The number of rotatable bonds is 3. The normalized spacial score (nSPS) is 16.7. The average molecular weight is 332 g/mol. The smallest absolute Gasteiger partial charge is 0.256 e. The molecule has 2 amide bonds. The summed E-state index contributed by atoms with van der Waals surface area (Å²) in [6, 6.07) is 5.27. The molecule has 3 rings (SSSR count). The van der Waals surface area contributed by atoms with E-state index >= 15 is 0 Å². The molecular formula is C17H17FN2O2S. The van der Waals surface area contributed by atoms with Gasteiger partial charge in [0, 0.05) is 10.4 Å². The van der Waals surface area contributed by atoms with Gasteiger partial charge in [-0.2, -0.15) is 0 Å². The number of carbonyl (C=O) groups excluding carboxylic acids is 2. The number of benzene rings is 1. The van der Waals surface area contributed by atoms with Crippen LogP contribution < -0.4 is 11.1 Å². The number of hydrogen-bond acceptors (Lipinski definition) is 3. The highest BCUT2D eigenvalue weighted by Crippen LogP contribution is 2.39. The molecule has 1 aliphatic rings. The molecule has 1 unspecified atom stereocenters. The van der Waals surface area contributed by atoms with Crippen LogP contribution >= 0.6 is 11.3 Å². The number of primary amides is 1. The number of thiophene rings is 1. The Hall–Kier alpha value is -2.21. The van der Waals surface area contributed by atoms with Crippen LogP contribution in [-0.4, -0.2) is 11.8 Å². The van der Waals surface area contributed by atoms with Crippen LogP contribution in [-0.2, 0) is 12.8 Å². The van der Waals surface area contributed by atoms with Gasteiger partial charge in [0.2, 0.25) is 0 Å². The van der Waals surface area contributed by atoms with E-state index in [9.17, 15) is 14.0 Å². The lowest BCUT2D eigenvalue weighted by molar-refractivity contribution is 0.1000. The van der Waals surface area contributed by atoms with Crippen LogP contribution in [0.15, 0.2) is 24.3 Å². The molecule has 0 radical (unpaired) electrons. The van der Waals surface area contributed by atoms with Crippen LogP contribution in [0.3, 0.4) is 0 Å². The Balaban J connectivity index is 1.92. The summed E-state index contributed by atoms with van der Waals surface area (Å²) in [4.78, 5) is 25.3. The van der Waals surface area contributed by atoms with Crippen molar-refractivity contribution >= 4 is 28.2 Å². The lowest BCUT2D eigenvalue weighted by Crippen LogP contribution is -2.19. The standard InChI is InChI=1S/C17H17FN2O2S/c1-9-2-7-13-12(8-9)14(15(19)21)17(23-13)20-16(22)10-3-5-11(18)6-4-10/h3-6,9H,2,7-8H2,1H3,(H2,19,21)(H,20,22). The molecule has 1 aliphatic carbocycles. The van der Waals surface area contributed by atoms with Crippen molar-refractivity contribution in [1.82, 2.24) is 0 Å². The van der Waals surface area contributed by atoms with Crippen LogP contribution in [0, 0.1) is 11.7 Å². The maximum Gasteiger partial charge on any atom is 0.256 e. The van der Waals surface area contributed by atoms with Crippen LogP contribution in [0.25, 0.3) is 0 Å². The molecular weight excluding hydrogens is 315 g/mol. The van der Waals surface area contributed by atoms with Gasteiger partial charge in [-0.1, -0.05) is 6.92 Å². The monoisotopic (exact) mass is 332 g/mol. The van der Waals surface area contributed by atoms with Gasteiger partial charge in [-0.25, -0.2) is 4.39 Å². The van der Waals surface area contributed by atoms with Crippen molar-refractivity contribution in [3.63, 3.8) is 0 Å². The Labute approximate surface area is 137 Å². The van der Waals surface area contributed by atoms with E-state index < -0.39 is 11.7 Å². The van der Waals surface area contributed by atoms with Gasteiger partial charge >= 0.3 is 0 Å². The summed E-state index contributed by atoms with van der Waals surface area (Å²) in [6.45, 7) is 2.14. The third-order valence-corrected chi connectivity index (χ3v) is 5.29. The van der Waals surface area contributed by atoms with Crippen molar-refractivity contribution in [3.05, 3.63) is 51.7 Å². The SMILES string of the molecule is CC1CCc2sc(NC(=O)c3ccc(F)cc3)c(C(N)=O)c2C1. The van der Waals surface area contributed by atoms with E-state index in [1.807, 2.05) is 0 Å². The zero-order valence-corrected chi connectivity index (χ0v) is 13.5. The maximum absolute atomic E-state index is 12.9. The first-order chi connectivity index (χ1) is 11.0. The molecule has 6 heteroatoms. The molecule has 23 heavy (non-hydrogen) atoms. The zero-order chi connectivity index (χ0) is 16.6. The van der Waals surface area contributed by atoms with Crippen molar-refractivity contribution in [2.45, 2.75) is 26.2 Å². The minimum Gasteiger partial charge on any atom is -0.365 e. The third-order valence-electron chi connectivity index (χ3n) is 4.09. The predicted molar refractivity (Wildman–Crippen MR) is 88.4 cm³/mol. The Morgan fingerprint density at radius 3 is 2.65 bits per heavy atom. The number of halogens is 1. The van der Waals surface area contributed by atoms with Crippen molar-refractivity contribution < 1.29 is 14.0 Å². The number of nitrogens with two attached hydrogens (primary N) is 1. The first-order valence-corrected chi connectivity index (χ1v) is 8.28. The second-order valence-electron chi connectivity index (χ2n) is 5.88. The molecule has 0 aliphatic heterocycles. The number of anilines is 1. The van der Waals surface area contributed by atoms with Crippen LogP contribution in [0.2, 0.25) is 0 Å². The topological polar surface area (TPSA) is 72.2 Å². The molecule has 3 N–H and O–H groups in total. The molecule has 0 bridgehead atoms. The van der Waals surface area contributed by atoms with Crippen molar-refractivity contribution in [1.29, 1.82) is 0 Å². The van der Waals surface area contributed by atoms with Gasteiger partial charge < -0.3 is 11.1 Å². The predicted octanol–water partition coefficient (Wildman–Crippen LogP) is 3.36. The van der Waals surface area contributed by atoms with Gasteiger partial charge in [-0.05, 0) is 55.0 Å². The van der Waals surface area contributed by atoms with Gasteiger partial charge in [-0.15, -0.1) is 11.3 Å². The number of amides is 2. The van der Waals surface area contributed by atoms with E-state index in [-0.39, 0.29) is 5.91 Å². The largest absolute Gasteiger partial charge is 0.365 e. The molecule has 0 saturated carbocycles. The first kappa shape index (κ1) is 15.7. The fourth-order valence-corrected chi connectivity index (χ4v) is 4.13. The first-order valence-electron chi connectivity index (χ1n) is 7.47. The summed E-state index contributed by atoms with van der Waals surface area (Å²) in [7, 11) is 0. The van der Waals surface area contributed by atoms with Crippen molar-refractivity contribution in [3.8, 4) is 0 Å². The average Bonchev–Trinajstić information content (AvgIpc) is 2.84. The van der Waals surface area contributed by atoms with Gasteiger partial charge in [0.25, 0.3) is 11.8 Å². The molecule has 4 nitrogen and oxygen atoms in total. The van der Waals surface area contributed by atoms with E-state index in [0.29, 0.717) is 22.0 Å². The molecule has 1 heterocycles. The van der Waals surface area contributed by atoms with Gasteiger partial charge in [-0.3, -0.25) is 9.59 Å². The number of carbonyl (C=O) groups is 2. The second kappa shape index (κ2) is 6.12. The quantitative estimate of drug-likeness (QED) is 0.904. The Morgan fingerprint density at radius 2 is 2.00 bits per heavy atom. The van der Waals surface area contributed by atoms with Crippen LogP contribution in [0.5, 0.6) is 0 Å². The highest BCUT2D eigenvalue weighted by Gasteiger charge is 2.27. The van der Waals surface area contributed by atoms with E-state index in [4.69, 9.17) is 5.73 Å². The minimum absolute atomic E-state index is 0.335. The highest BCUT2D eigenvalue weighted by molar-refractivity contribution is 7.17. The van der Waals surface area contributed by atoms with E-state index in [0.717, 1.165) is 29.7 Å². The Bertz CT molecular complexity index is 768. The summed E-state index contributed by atoms with van der Waals surface area (Å²) in [5.41, 5.74) is 7.26. The lowest BCUT2D eigenvalue weighted by Gasteiger charge is -2.18. The second-order valence-corrected chi connectivity index (χ2v) is 6.99. The van der Waals surface area contributed by atoms with Crippen LogP contribution in [0.1, 0.15) is 44.5 Å². The van der Waals surface area contributed by atoms with E-state index in [1.165, 1.54) is 35.6 Å². The summed E-state index contributed by atoms with van der Waals surface area (Å²) in [5.74, 6) is -0.805. The zero-order valence-electron chi connectivity index (χ0n) is 12.7. The minimum atomic E-state index is -0.522. The summed E-state index contributed by atoms with van der Waals surface area (Å²) in [5, 5.41) is 3.25.